The first-order valence-electron chi connectivity index (χ1n) is 7.34. The molecule has 4 aromatic heterocycles. The van der Waals surface area contributed by atoms with E-state index in [2.05, 4.69) is 30.5 Å². The minimum atomic E-state index is 0.339. The summed E-state index contributed by atoms with van der Waals surface area (Å²) in [6, 6.07) is 3.81. The van der Waals surface area contributed by atoms with Gasteiger partial charge in [0, 0.05) is 31.2 Å². The fraction of sp³-hybridized carbons (Fsp3) is 0.133. The normalized spacial score (nSPS) is 11.0. The molecule has 4 rings (SSSR count). The molecule has 120 valence electrons. The first-order chi connectivity index (χ1) is 11.7. The molecule has 0 saturated heterocycles. The zero-order valence-electron chi connectivity index (χ0n) is 13.0. The second kappa shape index (κ2) is 5.61. The van der Waals surface area contributed by atoms with E-state index in [1.165, 1.54) is 0 Å². The predicted octanol–water partition coefficient (Wildman–Crippen LogP) is 1.11. The van der Waals surface area contributed by atoms with E-state index in [1.54, 1.807) is 34.0 Å². The molecule has 0 saturated carbocycles. The fourth-order valence-corrected chi connectivity index (χ4v) is 2.34. The lowest BCUT2D eigenvalue weighted by Gasteiger charge is -2.08. The summed E-state index contributed by atoms with van der Waals surface area (Å²) in [7, 11) is 1.85. The Morgan fingerprint density at radius 1 is 1.21 bits per heavy atom. The van der Waals surface area contributed by atoms with E-state index in [9.17, 15) is 0 Å². The standard InChI is InChI=1S/C15H15N9/c1-23-9-10(6-20-23)12-8-18-14(16)15(21-12)19-7-11-2-3-13-17-4-5-24(13)22-11/h2-6,8-9H,7H2,1H3,(H2,16,18)(H,19,21). The molecule has 0 amide bonds. The smallest absolute Gasteiger partial charge is 0.169 e. The van der Waals surface area contributed by atoms with Gasteiger partial charge in [0.1, 0.15) is 0 Å². The highest BCUT2D eigenvalue weighted by molar-refractivity contribution is 5.64. The second-order valence-electron chi connectivity index (χ2n) is 5.30. The first-order valence-corrected chi connectivity index (χ1v) is 7.34. The minimum Gasteiger partial charge on any atom is -0.381 e. The monoisotopic (exact) mass is 321 g/mol. The van der Waals surface area contributed by atoms with E-state index >= 15 is 0 Å². The minimum absolute atomic E-state index is 0.339. The van der Waals surface area contributed by atoms with E-state index in [0.717, 1.165) is 16.9 Å². The van der Waals surface area contributed by atoms with Crippen LogP contribution in [-0.4, -0.2) is 34.3 Å². The summed E-state index contributed by atoms with van der Waals surface area (Å²) in [4.78, 5) is 12.9. The fourth-order valence-electron chi connectivity index (χ4n) is 2.34. The number of rotatable bonds is 4. The summed E-state index contributed by atoms with van der Waals surface area (Å²) in [5.74, 6) is 0.857. The Hall–Kier alpha value is -3.49. The van der Waals surface area contributed by atoms with Gasteiger partial charge >= 0.3 is 0 Å². The van der Waals surface area contributed by atoms with Gasteiger partial charge in [-0.3, -0.25) is 4.68 Å². The van der Waals surface area contributed by atoms with Crippen LogP contribution in [0.2, 0.25) is 0 Å². The van der Waals surface area contributed by atoms with Crippen LogP contribution in [0.1, 0.15) is 5.69 Å². The van der Waals surface area contributed by atoms with Crippen molar-refractivity contribution in [3.8, 4) is 11.3 Å². The van der Waals surface area contributed by atoms with E-state index in [1.807, 2.05) is 25.4 Å². The zero-order chi connectivity index (χ0) is 16.5. The van der Waals surface area contributed by atoms with Gasteiger partial charge in [0.05, 0.1) is 30.3 Å². The molecule has 24 heavy (non-hydrogen) atoms. The molecule has 9 heteroatoms. The summed E-state index contributed by atoms with van der Waals surface area (Å²) in [6.45, 7) is 0.476. The number of anilines is 2. The van der Waals surface area contributed by atoms with Crippen LogP contribution in [0.25, 0.3) is 16.9 Å². The van der Waals surface area contributed by atoms with Crippen molar-refractivity contribution >= 4 is 17.3 Å². The maximum atomic E-state index is 5.92. The topological polar surface area (TPSA) is 112 Å². The van der Waals surface area contributed by atoms with Gasteiger partial charge in [-0.1, -0.05) is 0 Å². The van der Waals surface area contributed by atoms with Crippen molar-refractivity contribution in [2.45, 2.75) is 6.54 Å². The lowest BCUT2D eigenvalue weighted by Crippen LogP contribution is -2.09. The molecule has 0 aliphatic carbocycles. The third-order valence-electron chi connectivity index (χ3n) is 3.55. The Morgan fingerprint density at radius 2 is 2.12 bits per heavy atom. The number of hydrogen-bond donors (Lipinski definition) is 2. The number of nitrogens with zero attached hydrogens (tertiary/aromatic N) is 7. The van der Waals surface area contributed by atoms with Crippen LogP contribution < -0.4 is 11.1 Å². The molecule has 0 bridgehead atoms. The van der Waals surface area contributed by atoms with Gasteiger partial charge in [0.2, 0.25) is 0 Å². The van der Waals surface area contributed by atoms with Gasteiger partial charge in [-0.15, -0.1) is 0 Å². The molecule has 0 aliphatic heterocycles. The Balaban J connectivity index is 1.57. The molecular formula is C15H15N9. The van der Waals surface area contributed by atoms with Crippen LogP contribution >= 0.6 is 0 Å². The molecular weight excluding hydrogens is 306 g/mol. The molecule has 0 spiro atoms. The van der Waals surface area contributed by atoms with Crippen LogP contribution in [-0.2, 0) is 13.6 Å². The predicted molar refractivity (Wildman–Crippen MR) is 89.0 cm³/mol. The van der Waals surface area contributed by atoms with E-state index in [-0.39, 0.29) is 0 Å². The first kappa shape index (κ1) is 14.1. The Bertz CT molecular complexity index is 1000. The van der Waals surface area contributed by atoms with Crippen molar-refractivity contribution in [3.05, 3.63) is 48.8 Å². The molecule has 4 aromatic rings. The van der Waals surface area contributed by atoms with Gasteiger partial charge in [0.25, 0.3) is 0 Å². The number of fused-ring (bicyclic) bond motifs is 1. The molecule has 9 nitrogen and oxygen atoms in total. The molecule has 0 fully saturated rings. The van der Waals surface area contributed by atoms with Crippen LogP contribution in [0.4, 0.5) is 11.6 Å². The maximum absolute atomic E-state index is 5.92. The van der Waals surface area contributed by atoms with E-state index in [0.29, 0.717) is 23.9 Å². The van der Waals surface area contributed by atoms with Crippen LogP contribution in [0, 0.1) is 0 Å². The summed E-state index contributed by atoms with van der Waals surface area (Å²) in [5, 5.41) is 11.8. The SMILES string of the molecule is Cn1cc(-c2cnc(N)c(NCc3ccc4nccn4n3)n2)cn1. The van der Waals surface area contributed by atoms with Gasteiger partial charge in [-0.2, -0.15) is 10.2 Å². The average Bonchev–Trinajstić information content (AvgIpc) is 3.22. The number of nitrogens with one attached hydrogen (secondary N) is 1. The van der Waals surface area contributed by atoms with Crippen LogP contribution in [0.15, 0.2) is 43.1 Å². The maximum Gasteiger partial charge on any atom is 0.169 e. The molecule has 0 unspecified atom stereocenters. The molecule has 3 N–H and O–H groups in total. The lowest BCUT2D eigenvalue weighted by molar-refractivity contribution is 0.768. The highest BCUT2D eigenvalue weighted by atomic mass is 15.3. The molecule has 0 aromatic carbocycles. The molecule has 0 radical (unpaired) electrons. The van der Waals surface area contributed by atoms with Gasteiger partial charge in [-0.25, -0.2) is 19.5 Å². The van der Waals surface area contributed by atoms with Crippen LogP contribution in [0.3, 0.4) is 0 Å². The van der Waals surface area contributed by atoms with Crippen molar-refractivity contribution in [1.29, 1.82) is 0 Å². The molecule has 0 aliphatic rings. The van der Waals surface area contributed by atoms with Crippen molar-refractivity contribution in [2.75, 3.05) is 11.1 Å². The largest absolute Gasteiger partial charge is 0.381 e. The van der Waals surface area contributed by atoms with Gasteiger partial charge in [-0.05, 0) is 12.1 Å². The average molecular weight is 321 g/mol. The number of hydrogen-bond acceptors (Lipinski definition) is 7. The molecule has 0 atom stereocenters. The lowest BCUT2D eigenvalue weighted by atomic mass is 10.3. The number of nitrogens with two attached hydrogens (primary N) is 1. The van der Waals surface area contributed by atoms with E-state index in [4.69, 9.17) is 5.73 Å². The summed E-state index contributed by atoms with van der Waals surface area (Å²) in [6.07, 6.45) is 8.75. The van der Waals surface area contributed by atoms with Crippen molar-refractivity contribution in [1.82, 2.24) is 34.3 Å². The summed E-state index contributed by atoms with van der Waals surface area (Å²) < 4.78 is 3.43. The van der Waals surface area contributed by atoms with Crippen molar-refractivity contribution in [2.24, 2.45) is 7.05 Å². The Kier molecular flexibility index (Phi) is 3.30. The third kappa shape index (κ3) is 2.62. The van der Waals surface area contributed by atoms with E-state index < -0.39 is 0 Å². The number of aryl methyl sites for hydroxylation is 1. The Morgan fingerprint density at radius 3 is 2.96 bits per heavy atom. The van der Waals surface area contributed by atoms with Crippen molar-refractivity contribution < 1.29 is 0 Å². The van der Waals surface area contributed by atoms with Crippen molar-refractivity contribution in [3.63, 3.8) is 0 Å². The Labute approximate surface area is 137 Å². The highest BCUT2D eigenvalue weighted by Gasteiger charge is 2.08. The molecule has 4 heterocycles. The van der Waals surface area contributed by atoms with Gasteiger partial charge < -0.3 is 11.1 Å². The number of aromatic nitrogens is 7. The zero-order valence-corrected chi connectivity index (χ0v) is 13.0. The van der Waals surface area contributed by atoms with Crippen LogP contribution in [0.5, 0.6) is 0 Å². The quantitative estimate of drug-likeness (QED) is 0.579. The summed E-state index contributed by atoms with van der Waals surface area (Å²) in [5.41, 5.74) is 9.15. The third-order valence-corrected chi connectivity index (χ3v) is 3.55. The van der Waals surface area contributed by atoms with Gasteiger partial charge in [0.15, 0.2) is 17.3 Å². The number of imidazole rings is 1. The summed E-state index contributed by atoms with van der Waals surface area (Å²) >= 11 is 0. The highest BCUT2D eigenvalue weighted by Crippen LogP contribution is 2.20. The number of nitrogen functional groups attached to an aromatic ring is 1. The second-order valence-corrected chi connectivity index (χ2v) is 5.30.